The van der Waals surface area contributed by atoms with E-state index in [0.29, 0.717) is 6.54 Å². The molecular weight excluding hydrogens is 310 g/mol. The second-order valence-electron chi connectivity index (χ2n) is 7.24. The number of benzene rings is 1. The summed E-state index contributed by atoms with van der Waals surface area (Å²) in [4.78, 5) is 22.3. The van der Waals surface area contributed by atoms with Gasteiger partial charge in [-0.25, -0.2) is 4.79 Å². The largest absolute Gasteiger partial charge is 0.396 e. The highest BCUT2D eigenvalue weighted by Crippen LogP contribution is 2.23. The Labute approximate surface area is 142 Å². The predicted molar refractivity (Wildman–Crippen MR) is 92.8 cm³/mol. The van der Waals surface area contributed by atoms with Crippen LogP contribution in [0, 0.1) is 15.5 Å². The Morgan fingerprint density at radius 1 is 1.21 bits per heavy atom. The van der Waals surface area contributed by atoms with E-state index in [1.54, 1.807) is 12.1 Å². The number of non-ortho nitro benzene ring substituents is 1. The van der Waals surface area contributed by atoms with Crippen molar-refractivity contribution in [1.29, 1.82) is 0 Å². The number of carbonyl (C=O) groups excluding carboxylic acids is 1. The van der Waals surface area contributed by atoms with E-state index < -0.39 is 10.5 Å². The maximum absolute atomic E-state index is 12.0. The van der Waals surface area contributed by atoms with E-state index in [1.165, 1.54) is 12.1 Å². The van der Waals surface area contributed by atoms with E-state index in [0.717, 1.165) is 18.4 Å². The van der Waals surface area contributed by atoms with Crippen LogP contribution >= 0.6 is 0 Å². The molecule has 0 aliphatic rings. The van der Waals surface area contributed by atoms with Gasteiger partial charge >= 0.3 is 6.03 Å². The first-order valence-corrected chi connectivity index (χ1v) is 7.99. The van der Waals surface area contributed by atoms with Crippen LogP contribution in [0.5, 0.6) is 0 Å². The van der Waals surface area contributed by atoms with Crippen molar-refractivity contribution >= 4 is 11.7 Å². The SMILES string of the molecule is CC(C)(CO)CCCNC(=O)NC(C)(C)c1ccc([N+](=O)[O-])cc1. The molecule has 1 aromatic rings. The number of rotatable bonds is 8. The van der Waals surface area contributed by atoms with Crippen molar-refractivity contribution in [1.82, 2.24) is 10.6 Å². The third-order valence-electron chi connectivity index (χ3n) is 3.97. The molecule has 7 heteroatoms. The first-order valence-electron chi connectivity index (χ1n) is 7.99. The molecule has 0 spiro atoms. The molecule has 0 aromatic heterocycles. The molecule has 0 saturated carbocycles. The Kier molecular flexibility index (Phi) is 6.71. The van der Waals surface area contributed by atoms with Gasteiger partial charge < -0.3 is 15.7 Å². The number of urea groups is 1. The quantitative estimate of drug-likeness (QED) is 0.385. The van der Waals surface area contributed by atoms with Crippen LogP contribution in [0.15, 0.2) is 24.3 Å². The number of nitro benzene ring substituents is 1. The first kappa shape index (κ1) is 19.9. The maximum atomic E-state index is 12.0. The van der Waals surface area contributed by atoms with Crippen molar-refractivity contribution in [2.45, 2.75) is 46.1 Å². The highest BCUT2D eigenvalue weighted by Gasteiger charge is 2.23. The van der Waals surface area contributed by atoms with Gasteiger partial charge in [-0.3, -0.25) is 10.1 Å². The van der Waals surface area contributed by atoms with Crippen molar-refractivity contribution in [3.05, 3.63) is 39.9 Å². The number of nitro groups is 1. The summed E-state index contributed by atoms with van der Waals surface area (Å²) in [6.07, 6.45) is 1.59. The molecule has 1 aromatic carbocycles. The Bertz CT molecular complexity index is 568. The Morgan fingerprint density at radius 3 is 2.29 bits per heavy atom. The molecule has 0 fully saturated rings. The van der Waals surface area contributed by atoms with Gasteiger partial charge in [0.2, 0.25) is 0 Å². The number of nitrogens with zero attached hydrogens (tertiary/aromatic N) is 1. The molecule has 0 bridgehead atoms. The zero-order valence-electron chi connectivity index (χ0n) is 14.8. The smallest absolute Gasteiger partial charge is 0.315 e. The van der Waals surface area contributed by atoms with Crippen LogP contribution in [0.3, 0.4) is 0 Å². The Morgan fingerprint density at radius 2 is 1.79 bits per heavy atom. The molecule has 0 unspecified atom stereocenters. The van der Waals surface area contributed by atoms with Gasteiger partial charge in [0, 0.05) is 25.3 Å². The minimum atomic E-state index is -0.649. The van der Waals surface area contributed by atoms with Crippen molar-refractivity contribution in [2.75, 3.05) is 13.2 Å². The standard InChI is InChI=1S/C17H27N3O4/c1-16(2,12-21)10-5-11-18-15(22)19-17(3,4)13-6-8-14(9-7-13)20(23)24/h6-9,21H,5,10-12H2,1-4H3,(H2,18,19,22). The van der Waals surface area contributed by atoms with Gasteiger partial charge in [0.15, 0.2) is 0 Å². The van der Waals surface area contributed by atoms with Gasteiger partial charge in [0.05, 0.1) is 10.5 Å². The number of aliphatic hydroxyl groups is 1. The molecule has 0 atom stereocenters. The van der Waals surface area contributed by atoms with Gasteiger partial charge in [0.1, 0.15) is 0 Å². The summed E-state index contributed by atoms with van der Waals surface area (Å²) in [6, 6.07) is 5.84. The second-order valence-corrected chi connectivity index (χ2v) is 7.24. The number of carbonyl (C=O) groups is 1. The lowest BCUT2D eigenvalue weighted by atomic mass is 9.89. The molecule has 0 heterocycles. The summed E-state index contributed by atoms with van der Waals surface area (Å²) in [6.45, 7) is 8.26. The summed E-state index contributed by atoms with van der Waals surface area (Å²) < 4.78 is 0. The first-order chi connectivity index (χ1) is 11.1. The molecule has 24 heavy (non-hydrogen) atoms. The van der Waals surface area contributed by atoms with E-state index >= 15 is 0 Å². The van der Waals surface area contributed by atoms with Crippen LogP contribution < -0.4 is 10.6 Å². The van der Waals surface area contributed by atoms with Crippen molar-refractivity contribution in [3.8, 4) is 0 Å². The van der Waals surface area contributed by atoms with Crippen LogP contribution in [-0.2, 0) is 5.54 Å². The number of nitrogens with one attached hydrogen (secondary N) is 2. The highest BCUT2D eigenvalue weighted by atomic mass is 16.6. The van der Waals surface area contributed by atoms with Crippen LogP contribution in [-0.4, -0.2) is 29.2 Å². The predicted octanol–water partition coefficient (Wildman–Crippen LogP) is 2.93. The zero-order chi connectivity index (χ0) is 18.4. The molecule has 134 valence electrons. The monoisotopic (exact) mass is 337 g/mol. The Hall–Kier alpha value is -2.15. The molecule has 0 radical (unpaired) electrons. The third kappa shape index (κ3) is 6.16. The average Bonchev–Trinajstić information content (AvgIpc) is 2.51. The van der Waals surface area contributed by atoms with Crippen molar-refractivity contribution in [2.24, 2.45) is 5.41 Å². The minimum Gasteiger partial charge on any atom is -0.396 e. The summed E-state index contributed by atoms with van der Waals surface area (Å²) in [5.41, 5.74) is 0.00918. The summed E-state index contributed by atoms with van der Waals surface area (Å²) in [5.74, 6) is 0. The minimum absolute atomic E-state index is 0.0190. The van der Waals surface area contributed by atoms with Gasteiger partial charge in [-0.05, 0) is 49.8 Å². The Balaban J connectivity index is 2.51. The molecule has 0 aliphatic carbocycles. The lowest BCUT2D eigenvalue weighted by Gasteiger charge is -2.27. The van der Waals surface area contributed by atoms with E-state index in [9.17, 15) is 20.0 Å². The van der Waals surface area contributed by atoms with Gasteiger partial charge in [-0.15, -0.1) is 0 Å². The van der Waals surface area contributed by atoms with Gasteiger partial charge in [0.25, 0.3) is 5.69 Å². The van der Waals surface area contributed by atoms with E-state index in [4.69, 9.17) is 0 Å². The molecule has 7 nitrogen and oxygen atoms in total. The molecule has 2 amide bonds. The lowest BCUT2D eigenvalue weighted by Crippen LogP contribution is -2.46. The number of hydrogen-bond donors (Lipinski definition) is 3. The summed E-state index contributed by atoms with van der Waals surface area (Å²) >= 11 is 0. The van der Waals surface area contributed by atoms with Gasteiger partial charge in [-0.2, -0.15) is 0 Å². The fourth-order valence-electron chi connectivity index (χ4n) is 2.25. The second kappa shape index (κ2) is 8.10. The molecule has 1 rings (SSSR count). The van der Waals surface area contributed by atoms with Crippen molar-refractivity contribution < 1.29 is 14.8 Å². The highest BCUT2D eigenvalue weighted by molar-refractivity contribution is 5.74. The number of hydrogen-bond acceptors (Lipinski definition) is 4. The van der Waals surface area contributed by atoms with E-state index in [1.807, 2.05) is 27.7 Å². The normalized spacial score (nSPS) is 11.9. The van der Waals surface area contributed by atoms with Crippen molar-refractivity contribution in [3.63, 3.8) is 0 Å². The third-order valence-corrected chi connectivity index (χ3v) is 3.97. The molecule has 0 aliphatic heterocycles. The zero-order valence-corrected chi connectivity index (χ0v) is 14.8. The van der Waals surface area contributed by atoms with Crippen LogP contribution in [0.4, 0.5) is 10.5 Å². The van der Waals surface area contributed by atoms with Crippen LogP contribution in [0.25, 0.3) is 0 Å². The molecule has 3 N–H and O–H groups in total. The summed E-state index contributed by atoms with van der Waals surface area (Å²) in [7, 11) is 0. The van der Waals surface area contributed by atoms with E-state index in [-0.39, 0.29) is 23.7 Å². The maximum Gasteiger partial charge on any atom is 0.315 e. The van der Waals surface area contributed by atoms with Crippen LogP contribution in [0.1, 0.15) is 46.1 Å². The fourth-order valence-corrected chi connectivity index (χ4v) is 2.25. The number of aliphatic hydroxyl groups excluding tert-OH is 1. The van der Waals surface area contributed by atoms with Crippen LogP contribution in [0.2, 0.25) is 0 Å². The van der Waals surface area contributed by atoms with E-state index in [2.05, 4.69) is 10.6 Å². The molecular formula is C17H27N3O4. The van der Waals surface area contributed by atoms with Gasteiger partial charge in [-0.1, -0.05) is 13.8 Å². The fraction of sp³-hybridized carbons (Fsp3) is 0.588. The lowest BCUT2D eigenvalue weighted by molar-refractivity contribution is -0.384. The number of amides is 2. The topological polar surface area (TPSA) is 104 Å². The summed E-state index contributed by atoms with van der Waals surface area (Å²) in [5, 5.41) is 25.5. The average molecular weight is 337 g/mol. The molecule has 0 saturated heterocycles.